The Hall–Kier alpha value is -1.47. The van der Waals surface area contributed by atoms with Gasteiger partial charge in [0.2, 0.25) is 0 Å². The van der Waals surface area contributed by atoms with Gasteiger partial charge in [-0.15, -0.1) is 11.8 Å². The molecule has 0 amide bonds. The summed E-state index contributed by atoms with van der Waals surface area (Å²) < 4.78 is 43.8. The minimum absolute atomic E-state index is 0.0143. The van der Waals surface area contributed by atoms with Crippen LogP contribution in [-0.4, -0.2) is 16.2 Å². The van der Waals surface area contributed by atoms with Crippen LogP contribution >= 0.6 is 23.4 Å². The maximum atomic E-state index is 12.8. The molecular formula is C12H8ClF3N2OS. The highest BCUT2D eigenvalue weighted by molar-refractivity contribution is 7.98. The van der Waals surface area contributed by atoms with Crippen LogP contribution in [-0.2, 0) is 6.18 Å². The van der Waals surface area contributed by atoms with Gasteiger partial charge >= 0.3 is 12.2 Å². The van der Waals surface area contributed by atoms with Crippen molar-refractivity contribution in [2.45, 2.75) is 11.1 Å². The highest BCUT2D eigenvalue weighted by atomic mass is 35.5. The fourth-order valence-corrected chi connectivity index (χ4v) is 2.30. The lowest BCUT2D eigenvalue weighted by Gasteiger charge is -2.14. The average Bonchev–Trinajstić information content (AvgIpc) is 2.40. The van der Waals surface area contributed by atoms with Crippen molar-refractivity contribution in [3.05, 3.63) is 41.2 Å². The zero-order chi connectivity index (χ0) is 14.8. The van der Waals surface area contributed by atoms with Gasteiger partial charge in [0.05, 0.1) is 15.5 Å². The summed E-state index contributed by atoms with van der Waals surface area (Å²) in [6, 6.07) is 3.61. The minimum Gasteiger partial charge on any atom is -0.423 e. The van der Waals surface area contributed by atoms with E-state index in [1.54, 1.807) is 12.3 Å². The fourth-order valence-electron chi connectivity index (χ4n) is 1.43. The molecule has 0 aliphatic rings. The highest BCUT2D eigenvalue weighted by Crippen LogP contribution is 2.41. The summed E-state index contributed by atoms with van der Waals surface area (Å²) in [4.78, 5) is 8.08. The van der Waals surface area contributed by atoms with Crippen LogP contribution < -0.4 is 4.74 Å². The second-order valence-electron chi connectivity index (χ2n) is 3.61. The lowest BCUT2D eigenvalue weighted by molar-refractivity contribution is -0.137. The largest absolute Gasteiger partial charge is 0.423 e. The monoisotopic (exact) mass is 320 g/mol. The third kappa shape index (κ3) is 3.34. The van der Waals surface area contributed by atoms with Crippen molar-refractivity contribution < 1.29 is 17.9 Å². The van der Waals surface area contributed by atoms with E-state index in [0.717, 1.165) is 6.07 Å². The Morgan fingerprint density at radius 1 is 1.20 bits per heavy atom. The Bertz CT molecular complexity index is 608. The van der Waals surface area contributed by atoms with Gasteiger partial charge in [-0.3, -0.25) is 0 Å². The van der Waals surface area contributed by atoms with Gasteiger partial charge in [-0.05, 0) is 24.5 Å². The summed E-state index contributed by atoms with van der Waals surface area (Å²) in [5.74, 6) is 0.0143. The molecule has 3 nitrogen and oxygen atoms in total. The molecule has 1 aromatic heterocycles. The van der Waals surface area contributed by atoms with E-state index >= 15 is 0 Å². The second-order valence-corrected chi connectivity index (χ2v) is 4.87. The molecule has 2 aromatic rings. The maximum Gasteiger partial charge on any atom is 0.417 e. The summed E-state index contributed by atoms with van der Waals surface area (Å²) in [5, 5.41) is -0.372. The summed E-state index contributed by atoms with van der Waals surface area (Å²) in [7, 11) is 0. The highest BCUT2D eigenvalue weighted by Gasteiger charge is 2.34. The molecule has 1 heterocycles. The first kappa shape index (κ1) is 14.9. The van der Waals surface area contributed by atoms with E-state index in [2.05, 4.69) is 9.97 Å². The molecule has 0 radical (unpaired) electrons. The number of rotatable bonds is 3. The van der Waals surface area contributed by atoms with Crippen LogP contribution in [0.5, 0.6) is 11.8 Å². The van der Waals surface area contributed by atoms with Gasteiger partial charge < -0.3 is 4.74 Å². The van der Waals surface area contributed by atoms with Crippen LogP contribution in [0, 0.1) is 0 Å². The number of alkyl halides is 3. The first-order chi connectivity index (χ1) is 9.41. The van der Waals surface area contributed by atoms with Gasteiger partial charge in [0.1, 0.15) is 5.75 Å². The van der Waals surface area contributed by atoms with Gasteiger partial charge in [0.15, 0.2) is 0 Å². The molecule has 20 heavy (non-hydrogen) atoms. The molecule has 0 spiro atoms. The quantitative estimate of drug-likeness (QED) is 0.770. The van der Waals surface area contributed by atoms with Crippen molar-refractivity contribution in [3.63, 3.8) is 0 Å². The maximum absolute atomic E-state index is 12.8. The Morgan fingerprint density at radius 3 is 2.40 bits per heavy atom. The number of thioether (sulfide) groups is 1. The van der Waals surface area contributed by atoms with Gasteiger partial charge in [-0.1, -0.05) is 11.6 Å². The van der Waals surface area contributed by atoms with Crippen molar-refractivity contribution in [2.75, 3.05) is 6.26 Å². The topological polar surface area (TPSA) is 35.0 Å². The number of benzene rings is 1. The predicted octanol–water partition coefficient (Wildman–Crippen LogP) is 4.66. The number of aromatic nitrogens is 2. The third-order valence-electron chi connectivity index (χ3n) is 2.30. The molecule has 106 valence electrons. The molecule has 0 atom stereocenters. The molecule has 8 heteroatoms. The van der Waals surface area contributed by atoms with E-state index in [1.165, 1.54) is 30.2 Å². The number of hydrogen-bond donors (Lipinski definition) is 0. The van der Waals surface area contributed by atoms with Crippen LogP contribution in [0.15, 0.2) is 35.5 Å². The third-order valence-corrected chi connectivity index (χ3v) is 3.37. The number of ether oxygens (including phenoxy) is 1. The Morgan fingerprint density at radius 2 is 1.85 bits per heavy atom. The molecule has 0 bridgehead atoms. The normalized spacial score (nSPS) is 11.4. The zero-order valence-electron chi connectivity index (χ0n) is 10.1. The molecule has 1 aromatic carbocycles. The van der Waals surface area contributed by atoms with Gasteiger partial charge in [-0.25, -0.2) is 9.97 Å². The zero-order valence-corrected chi connectivity index (χ0v) is 11.7. The predicted molar refractivity (Wildman–Crippen MR) is 70.3 cm³/mol. The van der Waals surface area contributed by atoms with E-state index in [1.807, 2.05) is 0 Å². The number of halogens is 4. The van der Waals surface area contributed by atoms with Crippen molar-refractivity contribution in [1.82, 2.24) is 9.97 Å². The molecule has 0 fully saturated rings. The first-order valence-electron chi connectivity index (χ1n) is 5.31. The van der Waals surface area contributed by atoms with Crippen molar-refractivity contribution in [2.24, 2.45) is 0 Å². The van der Waals surface area contributed by atoms with Crippen LogP contribution in [0.4, 0.5) is 13.2 Å². The molecule has 0 aliphatic heterocycles. The number of hydrogen-bond acceptors (Lipinski definition) is 4. The molecule has 2 rings (SSSR count). The van der Waals surface area contributed by atoms with Gasteiger partial charge in [0.25, 0.3) is 0 Å². The lowest BCUT2D eigenvalue weighted by Crippen LogP contribution is -2.06. The van der Waals surface area contributed by atoms with Crippen molar-refractivity contribution in [1.29, 1.82) is 0 Å². The Kier molecular flexibility index (Phi) is 4.39. The first-order valence-corrected chi connectivity index (χ1v) is 6.91. The van der Waals surface area contributed by atoms with E-state index in [0.29, 0.717) is 4.90 Å². The summed E-state index contributed by atoms with van der Waals surface area (Å²) >= 11 is 6.86. The molecule has 0 N–H and O–H groups in total. The Balaban J connectivity index is 2.45. The molecule has 0 unspecified atom stereocenters. The van der Waals surface area contributed by atoms with E-state index in [4.69, 9.17) is 16.3 Å². The molecule has 0 aliphatic carbocycles. The minimum atomic E-state index is -4.55. The van der Waals surface area contributed by atoms with Gasteiger partial charge in [0, 0.05) is 12.4 Å². The van der Waals surface area contributed by atoms with Gasteiger partial charge in [-0.2, -0.15) is 13.2 Å². The molecule has 0 saturated heterocycles. The van der Waals surface area contributed by atoms with E-state index in [-0.39, 0.29) is 16.8 Å². The number of nitrogens with zero attached hydrogens (tertiary/aromatic N) is 2. The Labute approximate surface area is 122 Å². The van der Waals surface area contributed by atoms with Crippen LogP contribution in [0.25, 0.3) is 0 Å². The molecular weight excluding hydrogens is 313 g/mol. The molecule has 0 saturated carbocycles. The summed E-state index contributed by atoms with van der Waals surface area (Å²) in [6.07, 6.45) is 0.0185. The van der Waals surface area contributed by atoms with Crippen LogP contribution in [0.2, 0.25) is 5.02 Å². The van der Waals surface area contributed by atoms with Crippen LogP contribution in [0.1, 0.15) is 5.56 Å². The van der Waals surface area contributed by atoms with E-state index in [9.17, 15) is 13.2 Å². The second kappa shape index (κ2) is 5.88. The van der Waals surface area contributed by atoms with E-state index < -0.39 is 11.7 Å². The smallest absolute Gasteiger partial charge is 0.417 e. The van der Waals surface area contributed by atoms with Crippen LogP contribution in [0.3, 0.4) is 0 Å². The van der Waals surface area contributed by atoms with Crippen molar-refractivity contribution in [3.8, 4) is 11.8 Å². The average molecular weight is 321 g/mol. The summed E-state index contributed by atoms with van der Waals surface area (Å²) in [6.45, 7) is 0. The lowest BCUT2D eigenvalue weighted by atomic mass is 10.2. The SMILES string of the molecule is CSc1cc(Cl)c(C(F)(F)F)cc1Oc1ncccn1. The fraction of sp³-hybridized carbons (Fsp3) is 0.167. The standard InChI is InChI=1S/C12H8ClF3N2OS/c1-20-10-6-8(13)7(12(14,15)16)5-9(10)19-11-17-3-2-4-18-11/h2-6H,1H3. The van der Waals surface area contributed by atoms with Crippen molar-refractivity contribution >= 4 is 23.4 Å². The summed E-state index contributed by atoms with van der Waals surface area (Å²) in [5.41, 5.74) is -0.956.